The zero-order chi connectivity index (χ0) is 15.5. The number of nitrogens with zero attached hydrogens (tertiary/aromatic N) is 2. The van der Waals surface area contributed by atoms with E-state index in [-0.39, 0.29) is 18.5 Å². The molecule has 2 aromatic rings. The molecule has 2 N–H and O–H groups in total. The number of aromatic nitrogens is 2. The number of nitrogens with one attached hydrogen (secondary N) is 1. The van der Waals surface area contributed by atoms with Crippen molar-refractivity contribution < 1.29 is 14.6 Å². The number of fused-ring (bicyclic) bond motifs is 1. The SMILES string of the molecule is COc1cc2ncc(NC3CCC(O)CC3)nc2cc1OC.Cl. The molecule has 0 amide bonds. The van der Waals surface area contributed by atoms with Crippen LogP contribution in [0.5, 0.6) is 11.5 Å². The predicted molar refractivity (Wildman–Crippen MR) is 91.8 cm³/mol. The third kappa shape index (κ3) is 3.95. The van der Waals surface area contributed by atoms with E-state index in [2.05, 4.69) is 15.3 Å². The van der Waals surface area contributed by atoms with Crippen molar-refractivity contribution >= 4 is 29.3 Å². The zero-order valence-corrected chi connectivity index (χ0v) is 14.1. The van der Waals surface area contributed by atoms with Gasteiger partial charge in [0.2, 0.25) is 0 Å². The van der Waals surface area contributed by atoms with Gasteiger partial charge in [0.25, 0.3) is 0 Å². The number of hydrogen-bond acceptors (Lipinski definition) is 6. The minimum Gasteiger partial charge on any atom is -0.493 e. The van der Waals surface area contributed by atoms with Crippen LogP contribution < -0.4 is 14.8 Å². The van der Waals surface area contributed by atoms with E-state index in [0.29, 0.717) is 17.5 Å². The first kappa shape index (κ1) is 17.6. The van der Waals surface area contributed by atoms with Crippen molar-refractivity contribution in [3.63, 3.8) is 0 Å². The van der Waals surface area contributed by atoms with Gasteiger partial charge in [-0.2, -0.15) is 0 Å². The molecule has 0 aliphatic heterocycles. The van der Waals surface area contributed by atoms with Crippen molar-refractivity contribution in [1.82, 2.24) is 9.97 Å². The molecule has 1 aliphatic carbocycles. The van der Waals surface area contributed by atoms with E-state index in [1.807, 2.05) is 12.1 Å². The van der Waals surface area contributed by atoms with Crippen molar-refractivity contribution in [3.05, 3.63) is 18.3 Å². The molecule has 0 atom stereocenters. The van der Waals surface area contributed by atoms with Crippen LogP contribution in [-0.4, -0.2) is 41.4 Å². The standard InChI is InChI=1S/C16H21N3O3.ClH/c1-21-14-7-12-13(8-15(14)22-2)19-16(9-17-12)18-10-3-5-11(20)6-4-10;/h7-11,20H,3-6H2,1-2H3,(H,18,19);1H. The molecule has 1 saturated carbocycles. The third-order valence-electron chi connectivity index (χ3n) is 4.10. The van der Waals surface area contributed by atoms with Gasteiger partial charge in [0, 0.05) is 18.2 Å². The summed E-state index contributed by atoms with van der Waals surface area (Å²) in [5.41, 5.74) is 1.53. The Bertz CT molecular complexity index is 660. The lowest BCUT2D eigenvalue weighted by atomic mass is 9.93. The van der Waals surface area contributed by atoms with Gasteiger partial charge in [-0.15, -0.1) is 12.4 Å². The molecular formula is C16H22ClN3O3. The number of benzene rings is 1. The van der Waals surface area contributed by atoms with Crippen molar-refractivity contribution in [1.29, 1.82) is 0 Å². The molecule has 3 rings (SSSR count). The second kappa shape index (κ2) is 7.66. The lowest BCUT2D eigenvalue weighted by Crippen LogP contribution is -2.28. The highest BCUT2D eigenvalue weighted by Gasteiger charge is 2.19. The Labute approximate surface area is 141 Å². The summed E-state index contributed by atoms with van der Waals surface area (Å²) in [6.07, 6.45) is 5.16. The van der Waals surface area contributed by atoms with Crippen LogP contribution in [0.1, 0.15) is 25.7 Å². The molecule has 1 aliphatic rings. The Morgan fingerprint density at radius 3 is 2.26 bits per heavy atom. The lowest BCUT2D eigenvalue weighted by Gasteiger charge is -2.26. The number of ether oxygens (including phenoxy) is 2. The summed E-state index contributed by atoms with van der Waals surface area (Å²) < 4.78 is 10.6. The highest BCUT2D eigenvalue weighted by atomic mass is 35.5. The van der Waals surface area contributed by atoms with Crippen LogP contribution in [-0.2, 0) is 0 Å². The van der Waals surface area contributed by atoms with Crippen LogP contribution in [0.4, 0.5) is 5.82 Å². The topological polar surface area (TPSA) is 76.5 Å². The second-order valence-corrected chi connectivity index (χ2v) is 5.60. The number of halogens is 1. The minimum absolute atomic E-state index is 0. The van der Waals surface area contributed by atoms with Gasteiger partial charge in [-0.3, -0.25) is 4.98 Å². The molecule has 7 heteroatoms. The lowest BCUT2D eigenvalue weighted by molar-refractivity contribution is 0.126. The Hall–Kier alpha value is -1.79. The highest BCUT2D eigenvalue weighted by Crippen LogP contribution is 2.31. The van der Waals surface area contributed by atoms with Gasteiger partial charge in [-0.25, -0.2) is 4.98 Å². The maximum absolute atomic E-state index is 9.56. The molecule has 0 radical (unpaired) electrons. The molecular weight excluding hydrogens is 318 g/mol. The van der Waals surface area contributed by atoms with Crippen LogP contribution in [0.2, 0.25) is 0 Å². The Morgan fingerprint density at radius 1 is 1.04 bits per heavy atom. The Balaban J connectivity index is 0.00000192. The first-order chi connectivity index (χ1) is 10.7. The fourth-order valence-electron chi connectivity index (χ4n) is 2.84. The normalized spacial score (nSPS) is 20.7. The van der Waals surface area contributed by atoms with E-state index < -0.39 is 0 Å². The van der Waals surface area contributed by atoms with Gasteiger partial charge in [-0.1, -0.05) is 0 Å². The van der Waals surface area contributed by atoms with Gasteiger partial charge < -0.3 is 19.9 Å². The Morgan fingerprint density at radius 2 is 1.65 bits per heavy atom. The average Bonchev–Trinajstić information content (AvgIpc) is 2.55. The summed E-state index contributed by atoms with van der Waals surface area (Å²) in [6.45, 7) is 0. The van der Waals surface area contributed by atoms with Crippen LogP contribution in [0.15, 0.2) is 18.3 Å². The smallest absolute Gasteiger partial charge is 0.163 e. The molecule has 23 heavy (non-hydrogen) atoms. The van der Waals surface area contributed by atoms with Crippen LogP contribution in [0.3, 0.4) is 0 Å². The Kier molecular flexibility index (Phi) is 5.85. The van der Waals surface area contributed by atoms with E-state index >= 15 is 0 Å². The maximum Gasteiger partial charge on any atom is 0.163 e. The van der Waals surface area contributed by atoms with E-state index in [4.69, 9.17) is 9.47 Å². The zero-order valence-electron chi connectivity index (χ0n) is 13.3. The molecule has 126 valence electrons. The van der Waals surface area contributed by atoms with Gasteiger partial charge in [0.05, 0.1) is 37.6 Å². The number of aliphatic hydroxyl groups is 1. The first-order valence-corrected chi connectivity index (χ1v) is 7.53. The van der Waals surface area contributed by atoms with Crippen molar-refractivity contribution in [2.75, 3.05) is 19.5 Å². The fraction of sp³-hybridized carbons (Fsp3) is 0.500. The molecule has 1 aromatic heterocycles. The van der Waals surface area contributed by atoms with Crippen LogP contribution in [0.25, 0.3) is 11.0 Å². The number of aliphatic hydroxyl groups excluding tert-OH is 1. The van der Waals surface area contributed by atoms with Gasteiger partial charge in [0.1, 0.15) is 5.82 Å². The van der Waals surface area contributed by atoms with E-state index in [1.165, 1.54) is 0 Å². The van der Waals surface area contributed by atoms with Crippen molar-refractivity contribution in [3.8, 4) is 11.5 Å². The summed E-state index contributed by atoms with van der Waals surface area (Å²) in [5.74, 6) is 2.04. The summed E-state index contributed by atoms with van der Waals surface area (Å²) >= 11 is 0. The fourth-order valence-corrected chi connectivity index (χ4v) is 2.84. The molecule has 0 saturated heterocycles. The molecule has 1 fully saturated rings. The van der Waals surface area contributed by atoms with Gasteiger partial charge >= 0.3 is 0 Å². The largest absolute Gasteiger partial charge is 0.493 e. The van der Waals surface area contributed by atoms with E-state index in [1.54, 1.807) is 20.4 Å². The second-order valence-electron chi connectivity index (χ2n) is 5.60. The molecule has 0 unspecified atom stereocenters. The van der Waals surface area contributed by atoms with E-state index in [0.717, 1.165) is 42.5 Å². The molecule has 0 bridgehead atoms. The maximum atomic E-state index is 9.56. The number of anilines is 1. The van der Waals surface area contributed by atoms with Crippen LogP contribution >= 0.6 is 12.4 Å². The summed E-state index contributed by atoms with van der Waals surface area (Å²) in [4.78, 5) is 9.04. The predicted octanol–water partition coefficient (Wildman–Crippen LogP) is 2.78. The quantitative estimate of drug-likeness (QED) is 0.892. The minimum atomic E-state index is -0.155. The van der Waals surface area contributed by atoms with Gasteiger partial charge in [0.15, 0.2) is 11.5 Å². The molecule has 1 heterocycles. The van der Waals surface area contributed by atoms with Gasteiger partial charge in [-0.05, 0) is 25.7 Å². The number of methoxy groups -OCH3 is 2. The highest BCUT2D eigenvalue weighted by molar-refractivity contribution is 5.85. The van der Waals surface area contributed by atoms with Crippen molar-refractivity contribution in [2.45, 2.75) is 37.8 Å². The van der Waals surface area contributed by atoms with Crippen LogP contribution in [0, 0.1) is 0 Å². The monoisotopic (exact) mass is 339 g/mol. The average molecular weight is 340 g/mol. The summed E-state index contributed by atoms with van der Waals surface area (Å²) in [5, 5.41) is 13.0. The van der Waals surface area contributed by atoms with E-state index in [9.17, 15) is 5.11 Å². The molecule has 0 spiro atoms. The van der Waals surface area contributed by atoms with Crippen molar-refractivity contribution in [2.24, 2.45) is 0 Å². The molecule has 6 nitrogen and oxygen atoms in total. The first-order valence-electron chi connectivity index (χ1n) is 7.53. The third-order valence-corrected chi connectivity index (χ3v) is 4.10. The summed E-state index contributed by atoms with van der Waals surface area (Å²) in [7, 11) is 3.21. The number of hydrogen-bond donors (Lipinski definition) is 2. The summed E-state index contributed by atoms with van der Waals surface area (Å²) in [6, 6.07) is 3.99. The molecule has 1 aromatic carbocycles. The number of rotatable bonds is 4.